The largest absolute Gasteiger partial charge is 0.380 e. The van der Waals surface area contributed by atoms with Crippen LogP contribution in [0.1, 0.15) is 60.3 Å². The van der Waals surface area contributed by atoms with Gasteiger partial charge in [-0.05, 0) is 90.7 Å². The molecule has 1 aliphatic carbocycles. The normalized spacial score (nSPS) is 18.2. The summed E-state index contributed by atoms with van der Waals surface area (Å²) in [5.41, 5.74) is 6.46. The minimum atomic E-state index is -0.158. The molecule has 172 valence electrons. The van der Waals surface area contributed by atoms with Crippen LogP contribution in [0.2, 0.25) is 0 Å². The molecule has 1 saturated carbocycles. The van der Waals surface area contributed by atoms with E-state index in [1.807, 2.05) is 30.3 Å². The zero-order valence-corrected chi connectivity index (χ0v) is 19.7. The summed E-state index contributed by atoms with van der Waals surface area (Å²) in [6.45, 7) is 4.46. The molecule has 0 N–H and O–H groups in total. The Morgan fingerprint density at radius 1 is 0.848 bits per heavy atom. The van der Waals surface area contributed by atoms with E-state index >= 15 is 0 Å². The summed E-state index contributed by atoms with van der Waals surface area (Å²) in [5.74, 6) is 1.37. The topological polar surface area (TPSA) is 9.23 Å². The maximum Gasteiger partial charge on any atom is 0.131 e. The van der Waals surface area contributed by atoms with Crippen LogP contribution in [0, 0.1) is 11.7 Å². The van der Waals surface area contributed by atoms with Gasteiger partial charge in [-0.15, -0.1) is 6.58 Å². The molecule has 3 aromatic rings. The predicted molar refractivity (Wildman–Crippen MR) is 136 cm³/mol. The van der Waals surface area contributed by atoms with E-state index in [1.165, 1.54) is 36.8 Å². The van der Waals surface area contributed by atoms with Crippen molar-refractivity contribution in [1.82, 2.24) is 0 Å². The number of benzene rings is 3. The second-order valence-electron chi connectivity index (χ2n) is 9.43. The number of aryl methyl sites for hydroxylation is 2. The first kappa shape index (κ1) is 23.4. The lowest BCUT2D eigenvalue weighted by atomic mass is 9.77. The van der Waals surface area contributed by atoms with Crippen LogP contribution in [-0.2, 0) is 24.2 Å². The van der Waals surface area contributed by atoms with Crippen molar-refractivity contribution < 1.29 is 9.13 Å². The molecular formula is C31H35FO. The van der Waals surface area contributed by atoms with Crippen LogP contribution in [0.25, 0.3) is 11.1 Å². The molecule has 2 heteroatoms. The smallest absolute Gasteiger partial charge is 0.131 e. The lowest BCUT2D eigenvalue weighted by molar-refractivity contribution is 0.185. The Morgan fingerprint density at radius 3 is 2.12 bits per heavy atom. The van der Waals surface area contributed by atoms with E-state index in [0.29, 0.717) is 18.1 Å². The number of methoxy groups -OCH3 is 1. The van der Waals surface area contributed by atoms with Crippen molar-refractivity contribution in [2.75, 3.05) is 7.11 Å². The second kappa shape index (κ2) is 11.4. The molecule has 0 atom stereocenters. The van der Waals surface area contributed by atoms with Gasteiger partial charge in [0.25, 0.3) is 0 Å². The SMILES string of the molecule is C=CCC1CCC(c2ccc(CCc3ccc(-c4ccc(COC)cc4)c(F)c3)cc2)CC1. The maximum atomic E-state index is 14.8. The highest BCUT2D eigenvalue weighted by Gasteiger charge is 2.21. The van der Waals surface area contributed by atoms with Crippen LogP contribution in [0.5, 0.6) is 0 Å². The molecule has 0 aliphatic heterocycles. The summed E-state index contributed by atoms with van der Waals surface area (Å²) in [6, 6.07) is 22.7. The highest BCUT2D eigenvalue weighted by molar-refractivity contribution is 5.64. The molecule has 33 heavy (non-hydrogen) atoms. The average molecular weight is 443 g/mol. The first-order chi connectivity index (χ1) is 16.2. The summed E-state index contributed by atoms with van der Waals surface area (Å²) < 4.78 is 20.0. The molecule has 0 amide bonds. The Bertz CT molecular complexity index is 1030. The van der Waals surface area contributed by atoms with Crippen molar-refractivity contribution in [3.63, 3.8) is 0 Å². The molecule has 1 nitrogen and oxygen atoms in total. The Morgan fingerprint density at radius 2 is 1.48 bits per heavy atom. The van der Waals surface area contributed by atoms with Gasteiger partial charge >= 0.3 is 0 Å². The summed E-state index contributed by atoms with van der Waals surface area (Å²) in [5, 5.41) is 0. The monoisotopic (exact) mass is 442 g/mol. The number of ether oxygens (including phenoxy) is 1. The number of hydrogen-bond donors (Lipinski definition) is 0. The average Bonchev–Trinajstić information content (AvgIpc) is 2.85. The Balaban J connectivity index is 1.32. The fraction of sp³-hybridized carbons (Fsp3) is 0.355. The van der Waals surface area contributed by atoms with Crippen LogP contribution in [0.4, 0.5) is 4.39 Å². The standard InChI is InChI=1S/C31H35FO/c1-3-4-23-7-14-27(15-8-23)28-16-9-24(10-17-28)5-6-25-13-20-30(31(32)21-25)29-18-11-26(12-19-29)22-33-2/h3,9-13,16-21,23,27H,1,4-8,14-15,22H2,2H3. The number of allylic oxidation sites excluding steroid dienone is 1. The zero-order valence-electron chi connectivity index (χ0n) is 19.7. The van der Waals surface area contributed by atoms with Gasteiger partial charge in [-0.2, -0.15) is 0 Å². The van der Waals surface area contributed by atoms with Crippen molar-refractivity contribution >= 4 is 0 Å². The quantitative estimate of drug-likeness (QED) is 0.303. The van der Waals surface area contributed by atoms with Gasteiger partial charge in [0.2, 0.25) is 0 Å². The maximum absolute atomic E-state index is 14.8. The third-order valence-electron chi connectivity index (χ3n) is 7.11. The van der Waals surface area contributed by atoms with Crippen molar-refractivity contribution in [3.8, 4) is 11.1 Å². The van der Waals surface area contributed by atoms with E-state index in [2.05, 4.69) is 43.0 Å². The van der Waals surface area contributed by atoms with Gasteiger partial charge in [0.15, 0.2) is 0 Å². The minimum absolute atomic E-state index is 0.158. The van der Waals surface area contributed by atoms with E-state index in [4.69, 9.17) is 4.74 Å². The van der Waals surface area contributed by atoms with Crippen molar-refractivity contribution in [3.05, 3.63) is 107 Å². The van der Waals surface area contributed by atoms with Gasteiger partial charge in [-0.1, -0.05) is 66.7 Å². The third-order valence-corrected chi connectivity index (χ3v) is 7.11. The van der Waals surface area contributed by atoms with E-state index in [9.17, 15) is 4.39 Å². The molecule has 1 fully saturated rings. The number of rotatable bonds is 9. The Kier molecular flexibility index (Phi) is 8.12. The van der Waals surface area contributed by atoms with E-state index in [0.717, 1.165) is 41.9 Å². The molecule has 4 rings (SSSR count). The summed E-state index contributed by atoms with van der Waals surface area (Å²) >= 11 is 0. The van der Waals surface area contributed by atoms with Gasteiger partial charge in [-0.3, -0.25) is 0 Å². The molecular weight excluding hydrogens is 407 g/mol. The van der Waals surface area contributed by atoms with Crippen LogP contribution in [0.15, 0.2) is 79.4 Å². The van der Waals surface area contributed by atoms with Gasteiger partial charge in [0.05, 0.1) is 6.61 Å². The molecule has 0 saturated heterocycles. The molecule has 3 aromatic carbocycles. The first-order valence-corrected chi connectivity index (χ1v) is 12.2. The number of halogens is 1. The fourth-order valence-electron chi connectivity index (χ4n) is 5.11. The van der Waals surface area contributed by atoms with E-state index in [-0.39, 0.29) is 5.82 Å². The van der Waals surface area contributed by atoms with E-state index in [1.54, 1.807) is 13.2 Å². The second-order valence-corrected chi connectivity index (χ2v) is 9.43. The Hall–Kier alpha value is -2.71. The lowest BCUT2D eigenvalue weighted by Crippen LogP contribution is -2.12. The molecule has 0 heterocycles. The first-order valence-electron chi connectivity index (χ1n) is 12.2. The number of hydrogen-bond acceptors (Lipinski definition) is 1. The van der Waals surface area contributed by atoms with E-state index < -0.39 is 0 Å². The molecule has 0 spiro atoms. The molecule has 1 aliphatic rings. The van der Waals surface area contributed by atoms with Crippen LogP contribution in [-0.4, -0.2) is 7.11 Å². The van der Waals surface area contributed by atoms with Crippen LogP contribution < -0.4 is 0 Å². The van der Waals surface area contributed by atoms with Crippen molar-refractivity contribution in [1.29, 1.82) is 0 Å². The van der Waals surface area contributed by atoms with Crippen LogP contribution >= 0.6 is 0 Å². The molecule has 0 unspecified atom stereocenters. The van der Waals surface area contributed by atoms with Gasteiger partial charge in [0, 0.05) is 12.7 Å². The van der Waals surface area contributed by atoms with Crippen molar-refractivity contribution in [2.45, 2.75) is 57.5 Å². The van der Waals surface area contributed by atoms with Crippen LogP contribution in [0.3, 0.4) is 0 Å². The minimum Gasteiger partial charge on any atom is -0.380 e. The summed E-state index contributed by atoms with van der Waals surface area (Å²) in [4.78, 5) is 0. The van der Waals surface area contributed by atoms with Gasteiger partial charge in [0.1, 0.15) is 5.82 Å². The molecule has 0 bridgehead atoms. The summed E-state index contributed by atoms with van der Waals surface area (Å²) in [7, 11) is 1.68. The third kappa shape index (κ3) is 6.21. The lowest BCUT2D eigenvalue weighted by Gasteiger charge is -2.28. The summed E-state index contributed by atoms with van der Waals surface area (Å²) in [6.07, 6.45) is 10.2. The van der Waals surface area contributed by atoms with Gasteiger partial charge < -0.3 is 4.74 Å². The van der Waals surface area contributed by atoms with Gasteiger partial charge in [-0.25, -0.2) is 4.39 Å². The fourth-order valence-corrected chi connectivity index (χ4v) is 5.11. The molecule has 0 radical (unpaired) electrons. The van der Waals surface area contributed by atoms with Crippen molar-refractivity contribution in [2.24, 2.45) is 5.92 Å². The highest BCUT2D eigenvalue weighted by Crippen LogP contribution is 2.37. The highest BCUT2D eigenvalue weighted by atomic mass is 19.1. The predicted octanol–water partition coefficient (Wildman–Crippen LogP) is 8.27. The zero-order chi connectivity index (χ0) is 23.0. The Labute approximate surface area is 198 Å². The molecule has 0 aromatic heterocycles.